The average molecular weight is 336 g/mol. The molecule has 0 spiro atoms. The van der Waals surface area contributed by atoms with Gasteiger partial charge in [0.15, 0.2) is 0 Å². The van der Waals surface area contributed by atoms with Gasteiger partial charge in [0.05, 0.1) is 36.1 Å². The SMILES string of the molecule is N#Cc1cccc(Cl)c1NC[C@@H]([C@@H]1CCOC1)N1CCOCC1. The smallest absolute Gasteiger partial charge is 0.101 e. The molecule has 0 amide bonds. The van der Waals surface area contributed by atoms with E-state index in [4.69, 9.17) is 21.1 Å². The van der Waals surface area contributed by atoms with E-state index < -0.39 is 0 Å². The Bertz CT molecular complexity index is 563. The van der Waals surface area contributed by atoms with Crippen molar-refractivity contribution in [2.24, 2.45) is 5.92 Å². The molecule has 1 aromatic rings. The Morgan fingerprint density at radius 2 is 2.13 bits per heavy atom. The van der Waals surface area contributed by atoms with Crippen LogP contribution in [0.25, 0.3) is 0 Å². The van der Waals surface area contributed by atoms with Gasteiger partial charge in [-0.25, -0.2) is 0 Å². The van der Waals surface area contributed by atoms with Gasteiger partial charge in [0.2, 0.25) is 0 Å². The third-order valence-corrected chi connectivity index (χ3v) is 4.96. The number of nitrogens with one attached hydrogen (secondary N) is 1. The van der Waals surface area contributed by atoms with Gasteiger partial charge in [-0.15, -0.1) is 0 Å². The minimum atomic E-state index is 0.365. The van der Waals surface area contributed by atoms with Gasteiger partial charge in [0.1, 0.15) is 6.07 Å². The van der Waals surface area contributed by atoms with E-state index in [-0.39, 0.29) is 0 Å². The van der Waals surface area contributed by atoms with Crippen molar-refractivity contribution < 1.29 is 9.47 Å². The molecule has 0 unspecified atom stereocenters. The molecule has 0 saturated carbocycles. The number of hydrogen-bond donors (Lipinski definition) is 1. The van der Waals surface area contributed by atoms with Crippen LogP contribution in [0.4, 0.5) is 5.69 Å². The molecule has 1 aromatic carbocycles. The highest BCUT2D eigenvalue weighted by molar-refractivity contribution is 6.33. The number of nitriles is 1. The zero-order valence-corrected chi connectivity index (χ0v) is 13.9. The summed E-state index contributed by atoms with van der Waals surface area (Å²) in [5.41, 5.74) is 1.31. The molecule has 2 aliphatic heterocycles. The molecule has 1 N–H and O–H groups in total. The van der Waals surface area contributed by atoms with Crippen molar-refractivity contribution in [2.45, 2.75) is 12.5 Å². The molecule has 3 rings (SSSR count). The molecular weight excluding hydrogens is 314 g/mol. The van der Waals surface area contributed by atoms with Crippen molar-refractivity contribution in [2.75, 3.05) is 51.4 Å². The Balaban J connectivity index is 1.72. The molecule has 2 heterocycles. The Kier molecular flexibility index (Phi) is 5.74. The number of morpholine rings is 1. The van der Waals surface area contributed by atoms with Gasteiger partial charge in [0.25, 0.3) is 0 Å². The molecule has 2 aliphatic rings. The van der Waals surface area contributed by atoms with Crippen molar-refractivity contribution >= 4 is 17.3 Å². The highest BCUT2D eigenvalue weighted by atomic mass is 35.5. The number of benzene rings is 1. The van der Waals surface area contributed by atoms with E-state index in [1.165, 1.54) is 0 Å². The number of nitrogens with zero attached hydrogens (tertiary/aromatic N) is 2. The summed E-state index contributed by atoms with van der Waals surface area (Å²) in [6, 6.07) is 7.97. The summed E-state index contributed by atoms with van der Waals surface area (Å²) in [7, 11) is 0. The second-order valence-corrected chi connectivity index (χ2v) is 6.40. The molecule has 2 atom stereocenters. The first kappa shape index (κ1) is 16.5. The number of hydrogen-bond acceptors (Lipinski definition) is 5. The Morgan fingerprint density at radius 1 is 1.30 bits per heavy atom. The van der Waals surface area contributed by atoms with Gasteiger partial charge in [-0.3, -0.25) is 4.90 Å². The maximum absolute atomic E-state index is 9.27. The summed E-state index contributed by atoms with van der Waals surface area (Å²) in [6.07, 6.45) is 1.08. The van der Waals surface area contributed by atoms with Crippen LogP contribution in [0.1, 0.15) is 12.0 Å². The lowest BCUT2D eigenvalue weighted by atomic mass is 9.96. The Morgan fingerprint density at radius 3 is 2.83 bits per heavy atom. The van der Waals surface area contributed by atoms with Crippen LogP contribution in [0.5, 0.6) is 0 Å². The highest BCUT2D eigenvalue weighted by Crippen LogP contribution is 2.27. The normalized spacial score (nSPS) is 23.4. The van der Waals surface area contributed by atoms with E-state index >= 15 is 0 Å². The van der Waals surface area contributed by atoms with Gasteiger partial charge >= 0.3 is 0 Å². The summed E-state index contributed by atoms with van der Waals surface area (Å²) in [5.74, 6) is 0.508. The molecule has 5 nitrogen and oxygen atoms in total. The zero-order chi connectivity index (χ0) is 16.1. The molecule has 2 saturated heterocycles. The molecule has 0 aromatic heterocycles. The van der Waals surface area contributed by atoms with Crippen LogP contribution < -0.4 is 5.32 Å². The minimum Gasteiger partial charge on any atom is -0.381 e. The lowest BCUT2D eigenvalue weighted by Crippen LogP contribution is -2.50. The fourth-order valence-corrected chi connectivity index (χ4v) is 3.60. The maximum Gasteiger partial charge on any atom is 0.101 e. The van der Waals surface area contributed by atoms with Crippen molar-refractivity contribution in [1.29, 1.82) is 5.26 Å². The third-order valence-electron chi connectivity index (χ3n) is 4.65. The molecule has 6 heteroatoms. The van der Waals surface area contributed by atoms with E-state index in [1.807, 2.05) is 6.07 Å². The number of ether oxygens (including phenoxy) is 2. The van der Waals surface area contributed by atoms with Gasteiger partial charge < -0.3 is 14.8 Å². The minimum absolute atomic E-state index is 0.365. The molecular formula is C17H22ClN3O2. The monoisotopic (exact) mass is 335 g/mol. The van der Waals surface area contributed by atoms with Gasteiger partial charge in [-0.05, 0) is 18.6 Å². The second-order valence-electron chi connectivity index (χ2n) is 5.99. The lowest BCUT2D eigenvalue weighted by Gasteiger charge is -2.37. The third kappa shape index (κ3) is 3.96. The van der Waals surface area contributed by atoms with Crippen LogP contribution in [0.2, 0.25) is 5.02 Å². The highest BCUT2D eigenvalue weighted by Gasteiger charge is 2.31. The maximum atomic E-state index is 9.27. The molecule has 124 valence electrons. The second kappa shape index (κ2) is 7.98. The van der Waals surface area contributed by atoms with E-state index in [2.05, 4.69) is 16.3 Å². The van der Waals surface area contributed by atoms with E-state index in [9.17, 15) is 5.26 Å². The first-order valence-corrected chi connectivity index (χ1v) is 8.49. The fraction of sp³-hybridized carbons (Fsp3) is 0.588. The standard InChI is InChI=1S/C17H22ClN3O2/c18-15-3-1-2-13(10-19)17(15)20-11-16(14-4-7-23-12-14)21-5-8-22-9-6-21/h1-3,14,16,20H,4-9,11-12H2/t14-,16+/m1/s1. The first-order valence-electron chi connectivity index (χ1n) is 8.11. The molecule has 0 aliphatic carbocycles. The quantitative estimate of drug-likeness (QED) is 0.895. The van der Waals surface area contributed by atoms with E-state index in [0.717, 1.165) is 58.2 Å². The van der Waals surface area contributed by atoms with Crippen molar-refractivity contribution in [3.05, 3.63) is 28.8 Å². The summed E-state index contributed by atoms with van der Waals surface area (Å²) < 4.78 is 11.1. The van der Waals surface area contributed by atoms with Crippen molar-refractivity contribution in [1.82, 2.24) is 4.90 Å². The van der Waals surface area contributed by atoms with Crippen LogP contribution in [0.15, 0.2) is 18.2 Å². The predicted octanol–water partition coefficient (Wildman–Crippen LogP) is 2.36. The largest absolute Gasteiger partial charge is 0.381 e. The number of para-hydroxylation sites is 1. The van der Waals surface area contributed by atoms with Gasteiger partial charge in [0, 0.05) is 38.2 Å². The van der Waals surface area contributed by atoms with Crippen LogP contribution >= 0.6 is 11.6 Å². The van der Waals surface area contributed by atoms with Crippen LogP contribution in [0.3, 0.4) is 0 Å². The van der Waals surface area contributed by atoms with Crippen LogP contribution in [-0.4, -0.2) is 57.0 Å². The van der Waals surface area contributed by atoms with Gasteiger partial charge in [-0.1, -0.05) is 17.7 Å². The van der Waals surface area contributed by atoms with Crippen LogP contribution in [0, 0.1) is 17.2 Å². The molecule has 0 bridgehead atoms. The topological polar surface area (TPSA) is 57.5 Å². The molecule has 0 radical (unpaired) electrons. The van der Waals surface area contributed by atoms with Crippen molar-refractivity contribution in [3.63, 3.8) is 0 Å². The number of anilines is 1. The first-order chi connectivity index (χ1) is 11.3. The zero-order valence-electron chi connectivity index (χ0n) is 13.1. The Hall–Kier alpha value is -1.32. The Labute approximate surface area is 142 Å². The molecule has 23 heavy (non-hydrogen) atoms. The summed E-state index contributed by atoms with van der Waals surface area (Å²) in [4.78, 5) is 2.47. The average Bonchev–Trinajstić information content (AvgIpc) is 3.11. The van der Waals surface area contributed by atoms with E-state index in [0.29, 0.717) is 22.5 Å². The number of halogens is 1. The summed E-state index contributed by atoms with van der Waals surface area (Å²) >= 11 is 6.27. The molecule has 2 fully saturated rings. The number of rotatable bonds is 5. The van der Waals surface area contributed by atoms with E-state index in [1.54, 1.807) is 12.1 Å². The summed E-state index contributed by atoms with van der Waals surface area (Å²) in [5, 5.41) is 13.3. The van der Waals surface area contributed by atoms with Gasteiger partial charge in [-0.2, -0.15) is 5.26 Å². The van der Waals surface area contributed by atoms with Crippen molar-refractivity contribution in [3.8, 4) is 6.07 Å². The fourth-order valence-electron chi connectivity index (χ4n) is 3.36. The summed E-state index contributed by atoms with van der Waals surface area (Å²) in [6.45, 7) is 5.83. The predicted molar refractivity (Wildman–Crippen MR) is 89.8 cm³/mol. The lowest BCUT2D eigenvalue weighted by molar-refractivity contribution is 0.00461. The van der Waals surface area contributed by atoms with Crippen LogP contribution in [-0.2, 0) is 9.47 Å².